The third kappa shape index (κ3) is 2.94. The van der Waals surface area contributed by atoms with E-state index in [1.807, 2.05) is 34.5 Å². The molecule has 0 saturated carbocycles. The van der Waals surface area contributed by atoms with Gasteiger partial charge >= 0.3 is 0 Å². The number of likely N-dealkylation sites (tertiary alicyclic amines) is 1. The molecule has 30 heavy (non-hydrogen) atoms. The third-order valence-corrected chi connectivity index (χ3v) is 5.99. The molecule has 0 radical (unpaired) electrons. The zero-order valence-corrected chi connectivity index (χ0v) is 16.7. The smallest absolute Gasteiger partial charge is 0.112 e. The minimum Gasteiger partial charge on any atom is -0.390 e. The van der Waals surface area contributed by atoms with Crippen molar-refractivity contribution in [2.75, 3.05) is 19.6 Å². The number of aliphatic hydroxyl groups excluding tert-OH is 1. The number of nitrogens with one attached hydrogen (secondary N) is 1. The van der Waals surface area contributed by atoms with Gasteiger partial charge in [0.15, 0.2) is 0 Å². The second kappa shape index (κ2) is 7.19. The van der Waals surface area contributed by atoms with Gasteiger partial charge in [0.2, 0.25) is 0 Å². The van der Waals surface area contributed by atoms with E-state index in [4.69, 9.17) is 4.99 Å². The van der Waals surface area contributed by atoms with Gasteiger partial charge in [-0.3, -0.25) is 19.7 Å². The maximum atomic E-state index is 9.36. The van der Waals surface area contributed by atoms with Crippen molar-refractivity contribution in [2.24, 2.45) is 10.1 Å². The van der Waals surface area contributed by atoms with Crippen LogP contribution in [0.25, 0.3) is 5.70 Å². The lowest BCUT2D eigenvalue weighted by Crippen LogP contribution is -2.62. The van der Waals surface area contributed by atoms with E-state index in [1.165, 1.54) is 0 Å². The molecule has 0 aromatic carbocycles. The van der Waals surface area contributed by atoms with Gasteiger partial charge in [-0.1, -0.05) is 6.92 Å². The molecule has 0 aliphatic carbocycles. The van der Waals surface area contributed by atoms with Crippen LogP contribution in [0.5, 0.6) is 0 Å². The maximum absolute atomic E-state index is 9.36. The molecule has 10 nitrogen and oxygen atoms in total. The molecule has 154 valence electrons. The van der Waals surface area contributed by atoms with Crippen molar-refractivity contribution in [3.8, 4) is 6.07 Å². The van der Waals surface area contributed by atoms with Gasteiger partial charge in [0.1, 0.15) is 16.9 Å². The first kappa shape index (κ1) is 18.7. The van der Waals surface area contributed by atoms with E-state index in [9.17, 15) is 10.4 Å². The van der Waals surface area contributed by atoms with Gasteiger partial charge in [0.25, 0.3) is 0 Å². The fourth-order valence-electron chi connectivity index (χ4n) is 4.31. The lowest BCUT2D eigenvalue weighted by Gasteiger charge is -2.48. The normalized spacial score (nSPS) is 22.3. The van der Waals surface area contributed by atoms with Crippen LogP contribution in [0.4, 0.5) is 0 Å². The molecule has 3 aliphatic heterocycles. The number of rotatable bonds is 6. The SMILES string of the molecule is CCN1CC(CC#N)(n2cc(C3=NC(c4cc(CO)[nH]n4)=CN4N=CCC34)cn2)C1. The number of hydrogen-bond donors (Lipinski definition) is 2. The Morgan fingerprint density at radius 1 is 1.40 bits per heavy atom. The quantitative estimate of drug-likeness (QED) is 0.737. The molecule has 1 fully saturated rings. The predicted molar refractivity (Wildman–Crippen MR) is 110 cm³/mol. The lowest BCUT2D eigenvalue weighted by atomic mass is 9.87. The lowest BCUT2D eigenvalue weighted by molar-refractivity contribution is 0.00947. The number of aromatic amines is 1. The van der Waals surface area contributed by atoms with E-state index in [0.717, 1.165) is 37.3 Å². The molecule has 0 spiro atoms. The van der Waals surface area contributed by atoms with Crippen molar-refractivity contribution in [2.45, 2.75) is 38.0 Å². The van der Waals surface area contributed by atoms with Gasteiger partial charge in [-0.2, -0.15) is 20.6 Å². The zero-order chi connectivity index (χ0) is 20.7. The largest absolute Gasteiger partial charge is 0.390 e. The van der Waals surface area contributed by atoms with Crippen LogP contribution in [-0.4, -0.2) is 72.6 Å². The molecule has 2 N–H and O–H groups in total. The van der Waals surface area contributed by atoms with E-state index in [1.54, 1.807) is 6.07 Å². The number of likely N-dealkylation sites (N-methyl/N-ethyl adjacent to an activating group) is 1. The van der Waals surface area contributed by atoms with Gasteiger partial charge in [-0.15, -0.1) is 0 Å². The van der Waals surface area contributed by atoms with E-state index in [0.29, 0.717) is 23.5 Å². The third-order valence-electron chi connectivity index (χ3n) is 5.99. The highest BCUT2D eigenvalue weighted by Crippen LogP contribution is 2.33. The molecular weight excluding hydrogens is 382 g/mol. The molecule has 1 unspecified atom stereocenters. The standard InChI is InChI=1S/C20H23N9O/c1-2-27-12-20(13-27,4-5-21)29-9-14(8-23-29)19-18-3-6-22-28(18)10-17(24-19)16-7-15(11-30)25-26-16/h6-10,18,30H,2-4,11-13H2,1H3,(H,25,26). The Morgan fingerprint density at radius 2 is 2.27 bits per heavy atom. The van der Waals surface area contributed by atoms with E-state index in [-0.39, 0.29) is 18.2 Å². The number of aliphatic hydroxyl groups is 1. The van der Waals surface area contributed by atoms with Gasteiger partial charge in [-0.25, -0.2) is 4.99 Å². The highest BCUT2D eigenvalue weighted by molar-refractivity contribution is 6.09. The summed E-state index contributed by atoms with van der Waals surface area (Å²) in [6, 6.07) is 4.13. The Bertz CT molecular complexity index is 1080. The number of nitrogens with zero attached hydrogens (tertiary/aromatic N) is 8. The zero-order valence-electron chi connectivity index (χ0n) is 16.7. The average Bonchev–Trinajstić information content (AvgIpc) is 3.49. The van der Waals surface area contributed by atoms with Crippen LogP contribution in [0.2, 0.25) is 0 Å². The number of aliphatic imine (C=N–C) groups is 1. The summed E-state index contributed by atoms with van der Waals surface area (Å²) in [5.74, 6) is 0. The van der Waals surface area contributed by atoms with Gasteiger partial charge in [0.05, 0.1) is 48.9 Å². The monoisotopic (exact) mass is 405 g/mol. The van der Waals surface area contributed by atoms with Crippen molar-refractivity contribution >= 4 is 17.6 Å². The Kier molecular flexibility index (Phi) is 4.49. The van der Waals surface area contributed by atoms with Gasteiger partial charge < -0.3 is 5.11 Å². The van der Waals surface area contributed by atoms with Crippen LogP contribution in [0.1, 0.15) is 36.7 Å². The van der Waals surface area contributed by atoms with Gasteiger partial charge in [0, 0.05) is 37.5 Å². The summed E-state index contributed by atoms with van der Waals surface area (Å²) in [6.07, 6.45) is 8.79. The number of hydrazone groups is 1. The molecule has 1 saturated heterocycles. The number of aromatic nitrogens is 4. The summed E-state index contributed by atoms with van der Waals surface area (Å²) in [7, 11) is 0. The second-order valence-electron chi connectivity index (χ2n) is 7.91. The molecular formula is C20H23N9O. The van der Waals surface area contributed by atoms with Crippen molar-refractivity contribution in [1.29, 1.82) is 5.26 Å². The van der Waals surface area contributed by atoms with Crippen molar-refractivity contribution < 1.29 is 5.11 Å². The minimum absolute atomic E-state index is 0.0168. The number of fused-ring (bicyclic) bond motifs is 1. The number of hydrogen-bond acceptors (Lipinski definition) is 8. The first-order valence-electron chi connectivity index (χ1n) is 10.1. The summed E-state index contributed by atoms with van der Waals surface area (Å²) < 4.78 is 1.94. The molecule has 2 aromatic rings. The van der Waals surface area contributed by atoms with Crippen LogP contribution in [-0.2, 0) is 12.1 Å². The fourth-order valence-corrected chi connectivity index (χ4v) is 4.31. The summed E-state index contributed by atoms with van der Waals surface area (Å²) in [5.41, 5.74) is 3.49. The van der Waals surface area contributed by atoms with Crippen LogP contribution in [0.15, 0.2) is 34.8 Å². The Hall–Kier alpha value is -3.29. The Balaban J connectivity index is 1.48. The summed E-state index contributed by atoms with van der Waals surface area (Å²) in [4.78, 5) is 7.20. The van der Waals surface area contributed by atoms with E-state index < -0.39 is 0 Å². The molecule has 5 heterocycles. The Labute approximate surface area is 173 Å². The van der Waals surface area contributed by atoms with Crippen LogP contribution < -0.4 is 0 Å². The molecule has 10 heteroatoms. The molecule has 0 amide bonds. The first-order valence-corrected chi connectivity index (χ1v) is 10.1. The number of H-pyrrole nitrogens is 1. The molecule has 5 rings (SSSR count). The van der Waals surface area contributed by atoms with Gasteiger partial charge in [-0.05, 0) is 12.6 Å². The van der Waals surface area contributed by atoms with Crippen LogP contribution >= 0.6 is 0 Å². The minimum atomic E-state index is -0.277. The number of nitriles is 1. The molecule has 2 aromatic heterocycles. The fraction of sp³-hybridized carbons (Fsp3) is 0.450. The predicted octanol–water partition coefficient (Wildman–Crippen LogP) is 0.904. The van der Waals surface area contributed by atoms with E-state index in [2.05, 4.69) is 38.3 Å². The summed E-state index contributed by atoms with van der Waals surface area (Å²) in [6.45, 7) is 4.64. The topological polar surface area (TPSA) is 122 Å². The second-order valence-corrected chi connectivity index (χ2v) is 7.91. The Morgan fingerprint density at radius 3 is 3.00 bits per heavy atom. The summed E-state index contributed by atoms with van der Waals surface area (Å²) >= 11 is 0. The molecule has 0 bridgehead atoms. The van der Waals surface area contributed by atoms with Crippen molar-refractivity contribution in [3.05, 3.63) is 41.6 Å². The molecule has 1 atom stereocenters. The maximum Gasteiger partial charge on any atom is 0.112 e. The highest BCUT2D eigenvalue weighted by atomic mass is 16.3. The van der Waals surface area contributed by atoms with Crippen LogP contribution in [0.3, 0.4) is 0 Å². The van der Waals surface area contributed by atoms with Crippen molar-refractivity contribution in [3.63, 3.8) is 0 Å². The van der Waals surface area contributed by atoms with E-state index >= 15 is 0 Å². The van der Waals surface area contributed by atoms with Crippen molar-refractivity contribution in [1.82, 2.24) is 29.9 Å². The first-order chi connectivity index (χ1) is 14.7. The average molecular weight is 405 g/mol. The summed E-state index contributed by atoms with van der Waals surface area (Å²) in [5, 5.41) is 36.7. The van der Waals surface area contributed by atoms with Crippen LogP contribution in [0, 0.1) is 11.3 Å². The highest BCUT2D eigenvalue weighted by Gasteiger charge is 2.45. The molecule has 3 aliphatic rings.